The summed E-state index contributed by atoms with van der Waals surface area (Å²) in [7, 11) is 1.87. The fraction of sp³-hybridized carbons (Fsp3) is 0.380. The molecular formula is C50H50FN5O6. The quantitative estimate of drug-likeness (QED) is 0.134. The van der Waals surface area contributed by atoms with E-state index in [4.69, 9.17) is 0 Å². The maximum absolute atomic E-state index is 14.5. The lowest BCUT2D eigenvalue weighted by atomic mass is 9.67. The van der Waals surface area contributed by atoms with Gasteiger partial charge in [0.2, 0.25) is 11.8 Å². The van der Waals surface area contributed by atoms with Crippen molar-refractivity contribution in [1.82, 2.24) is 23.6 Å². The number of carboxylic acids is 2. The molecule has 2 fully saturated rings. The lowest BCUT2D eigenvalue weighted by molar-refractivity contribution is -0.148. The molecule has 0 saturated heterocycles. The summed E-state index contributed by atoms with van der Waals surface area (Å²) in [4.78, 5) is 64.1. The van der Waals surface area contributed by atoms with Crippen LogP contribution in [0.2, 0.25) is 0 Å². The number of amides is 2. The standard InChI is InChI=1S/C50H50FN5O6/c1-3-54(47(60)49(20-21-49)31-10-12-32(51)13-11-31)34-15-17-36-42(27-34)56-25-7-5-9-40(56)45(36)50(48(61)62,29-43(57)58)44-35-16-14-33(26-41(35)55-24-6-4-8-39(44)55)53(2)46(59)38-28-37(38)30-18-22-52-23-19-30/h4-13,18-19,22-25,33-34,37-38H,3,14-17,20-21,26-29H2,1-2H3,(H,57,58)(H,61,62)/t33-,34-,37?,38?,50?/m1/s1. The molecule has 318 valence electrons. The molecule has 2 amide bonds. The van der Waals surface area contributed by atoms with Gasteiger partial charge in [0.15, 0.2) is 0 Å². The molecular weight excluding hydrogens is 786 g/mol. The first-order chi connectivity index (χ1) is 30.0. The second-order valence-corrected chi connectivity index (χ2v) is 17.9. The summed E-state index contributed by atoms with van der Waals surface area (Å²) in [5.41, 5.74) is 4.96. The first-order valence-corrected chi connectivity index (χ1v) is 21.9. The first kappa shape index (κ1) is 39.8. The highest BCUT2D eigenvalue weighted by Crippen LogP contribution is 2.53. The average Bonchev–Trinajstić information content (AvgIpc) is 4.22. The van der Waals surface area contributed by atoms with Crippen LogP contribution in [0.4, 0.5) is 4.39 Å². The van der Waals surface area contributed by atoms with Gasteiger partial charge in [-0.3, -0.25) is 24.2 Å². The molecule has 1 aromatic carbocycles. The fourth-order valence-electron chi connectivity index (χ4n) is 11.5. The molecule has 0 aliphatic heterocycles. The zero-order chi connectivity index (χ0) is 43.1. The van der Waals surface area contributed by atoms with Crippen LogP contribution in [0, 0.1) is 11.7 Å². The van der Waals surface area contributed by atoms with Gasteiger partial charge in [-0.25, -0.2) is 4.39 Å². The Kier molecular flexibility index (Phi) is 9.60. The lowest BCUT2D eigenvalue weighted by Gasteiger charge is -2.37. The molecule has 4 aliphatic rings. The van der Waals surface area contributed by atoms with Crippen molar-refractivity contribution >= 4 is 34.8 Å². The van der Waals surface area contributed by atoms with Crippen LogP contribution < -0.4 is 0 Å². The Morgan fingerprint density at radius 2 is 1.40 bits per heavy atom. The van der Waals surface area contributed by atoms with Crippen LogP contribution in [-0.4, -0.2) is 83.2 Å². The largest absolute Gasteiger partial charge is 0.481 e. The predicted octanol–water partition coefficient (Wildman–Crippen LogP) is 7.13. The van der Waals surface area contributed by atoms with Gasteiger partial charge >= 0.3 is 11.9 Å². The van der Waals surface area contributed by atoms with Gasteiger partial charge in [0.05, 0.1) is 22.9 Å². The Balaban J connectivity index is 1.05. The van der Waals surface area contributed by atoms with Crippen LogP contribution in [0.15, 0.2) is 97.6 Å². The number of carbonyl (C=O) groups excluding carboxylic acids is 2. The normalized spacial score (nSPS) is 22.0. The molecule has 62 heavy (non-hydrogen) atoms. The molecule has 5 aromatic heterocycles. The van der Waals surface area contributed by atoms with Crippen LogP contribution in [0.25, 0.3) is 11.0 Å². The molecule has 2 saturated carbocycles. The number of fused-ring (bicyclic) bond motifs is 6. The Hall–Kier alpha value is -6.30. The summed E-state index contributed by atoms with van der Waals surface area (Å²) in [5.74, 6) is -2.61. The van der Waals surface area contributed by atoms with Gasteiger partial charge in [0, 0.05) is 91.7 Å². The molecule has 11 nitrogen and oxygen atoms in total. The van der Waals surface area contributed by atoms with Crippen LogP contribution in [0.5, 0.6) is 0 Å². The first-order valence-electron chi connectivity index (χ1n) is 21.9. The average molecular weight is 836 g/mol. The fourth-order valence-corrected chi connectivity index (χ4v) is 11.5. The number of halogens is 1. The number of hydrogen-bond acceptors (Lipinski definition) is 5. The van der Waals surface area contributed by atoms with Crippen molar-refractivity contribution in [2.24, 2.45) is 5.92 Å². The minimum absolute atomic E-state index is 0.0233. The summed E-state index contributed by atoms with van der Waals surface area (Å²) in [5, 5.41) is 22.6. The number of likely N-dealkylation sites (N-methyl/N-ethyl adjacent to an activating group) is 2. The van der Waals surface area contributed by atoms with Gasteiger partial charge in [-0.1, -0.05) is 24.3 Å². The molecule has 0 bridgehead atoms. The minimum atomic E-state index is -1.97. The zero-order valence-electron chi connectivity index (χ0n) is 35.0. The molecule has 4 aliphatic carbocycles. The lowest BCUT2D eigenvalue weighted by Crippen LogP contribution is -2.48. The molecule has 12 heteroatoms. The second kappa shape index (κ2) is 15.0. The predicted molar refractivity (Wildman–Crippen MR) is 230 cm³/mol. The van der Waals surface area contributed by atoms with Gasteiger partial charge in [-0.15, -0.1) is 0 Å². The number of carbonyl (C=O) groups is 4. The van der Waals surface area contributed by atoms with E-state index in [-0.39, 0.29) is 41.6 Å². The van der Waals surface area contributed by atoms with Crippen LogP contribution in [-0.2, 0) is 55.7 Å². The van der Waals surface area contributed by atoms with Crippen LogP contribution in [0.3, 0.4) is 0 Å². The molecule has 0 radical (unpaired) electrons. The molecule has 0 spiro atoms. The van der Waals surface area contributed by atoms with E-state index in [2.05, 4.69) is 4.98 Å². The number of rotatable bonds is 12. The summed E-state index contributed by atoms with van der Waals surface area (Å²) >= 11 is 0. The highest BCUT2D eigenvalue weighted by Gasteiger charge is 2.56. The van der Waals surface area contributed by atoms with E-state index in [0.717, 1.165) is 40.1 Å². The SMILES string of the molecule is CCN(C(=O)C1(c2ccc(F)cc2)CC1)[C@@H]1CCc2c(C(CC(=O)O)(C(=O)O)c3c4c(n5ccccc35)C[C@H](N(C)C(=O)C3CC3c3ccncc3)CC4)c3ccccn3c2C1. The third kappa shape index (κ3) is 6.15. The van der Waals surface area contributed by atoms with E-state index in [1.807, 2.05) is 93.5 Å². The van der Waals surface area contributed by atoms with Gasteiger partial charge in [0.1, 0.15) is 11.2 Å². The van der Waals surface area contributed by atoms with E-state index in [9.17, 15) is 33.8 Å². The molecule has 5 heterocycles. The van der Waals surface area contributed by atoms with Gasteiger partial charge in [-0.05, 0) is 129 Å². The second-order valence-electron chi connectivity index (χ2n) is 17.9. The van der Waals surface area contributed by atoms with Gasteiger partial charge in [0.25, 0.3) is 0 Å². The molecule has 6 aromatic rings. The number of nitrogens with zero attached hydrogens (tertiary/aromatic N) is 5. The van der Waals surface area contributed by atoms with E-state index >= 15 is 0 Å². The van der Waals surface area contributed by atoms with E-state index < -0.39 is 29.2 Å². The Labute approximate surface area is 358 Å². The zero-order valence-corrected chi connectivity index (χ0v) is 35.0. The summed E-state index contributed by atoms with van der Waals surface area (Å²) in [6.45, 7) is 2.45. The van der Waals surface area contributed by atoms with Gasteiger partial charge in [-0.2, -0.15) is 0 Å². The van der Waals surface area contributed by atoms with E-state index in [0.29, 0.717) is 80.1 Å². The van der Waals surface area contributed by atoms with Crippen molar-refractivity contribution in [3.05, 3.63) is 148 Å². The Morgan fingerprint density at radius 1 is 0.823 bits per heavy atom. The van der Waals surface area contributed by atoms with Crippen molar-refractivity contribution in [3.8, 4) is 0 Å². The number of hydrogen-bond donors (Lipinski definition) is 2. The molecule has 3 unspecified atom stereocenters. The van der Waals surface area contributed by atoms with Crippen molar-refractivity contribution in [2.45, 2.75) is 100.0 Å². The smallest absolute Gasteiger partial charge is 0.319 e. The molecule has 2 N–H and O–H groups in total. The van der Waals surface area contributed by atoms with Crippen molar-refractivity contribution < 1.29 is 33.8 Å². The highest BCUT2D eigenvalue weighted by molar-refractivity contribution is 5.98. The monoisotopic (exact) mass is 835 g/mol. The number of aliphatic carboxylic acids is 2. The topological polar surface area (TPSA) is 137 Å². The van der Waals surface area contributed by atoms with Crippen LogP contribution in [0.1, 0.15) is 96.1 Å². The third-order valence-corrected chi connectivity index (χ3v) is 14.8. The maximum Gasteiger partial charge on any atom is 0.319 e. The van der Waals surface area contributed by atoms with Crippen LogP contribution >= 0.6 is 0 Å². The van der Waals surface area contributed by atoms with E-state index in [1.54, 1.807) is 24.5 Å². The van der Waals surface area contributed by atoms with Gasteiger partial charge < -0.3 is 28.8 Å². The van der Waals surface area contributed by atoms with Crippen molar-refractivity contribution in [3.63, 3.8) is 0 Å². The summed E-state index contributed by atoms with van der Waals surface area (Å²) < 4.78 is 17.9. The third-order valence-electron chi connectivity index (χ3n) is 14.8. The summed E-state index contributed by atoms with van der Waals surface area (Å²) in [6, 6.07) is 21.2. The maximum atomic E-state index is 14.5. The minimum Gasteiger partial charge on any atom is -0.481 e. The highest BCUT2D eigenvalue weighted by atomic mass is 19.1. The van der Waals surface area contributed by atoms with E-state index in [1.165, 1.54) is 12.1 Å². The summed E-state index contributed by atoms with van der Waals surface area (Å²) in [6.07, 6.45) is 11.9. The molecule has 10 rings (SSSR count). The number of benzene rings is 1. The Bertz CT molecular complexity index is 2780. The number of carboxylic acid groups (broad SMARTS) is 2. The molecule has 5 atom stereocenters. The van der Waals surface area contributed by atoms with Crippen molar-refractivity contribution in [2.75, 3.05) is 13.6 Å². The van der Waals surface area contributed by atoms with Crippen molar-refractivity contribution in [1.29, 1.82) is 0 Å². The number of aromatic nitrogens is 3. The number of pyridine rings is 3. The Morgan fingerprint density at radius 3 is 1.95 bits per heavy atom.